The predicted molar refractivity (Wildman–Crippen MR) is 70.4 cm³/mol. The first kappa shape index (κ1) is 13.2. The lowest BCUT2D eigenvalue weighted by molar-refractivity contribution is -0.137. The standard InChI is InChI=1S/C14H18N2O4/c17-12(18)8-16-6-1-2-11(16)14(19)15-10-5-7-20-13(10)9-3-4-9/h1-2,6,9-10,13H,3-5,7-8H2,(H,15,19)(H,17,18). The first-order valence-electron chi connectivity index (χ1n) is 6.94. The Balaban J connectivity index is 1.66. The number of carboxylic acids is 1. The average molecular weight is 278 g/mol. The van der Waals surface area contributed by atoms with Gasteiger partial charge in [0.25, 0.3) is 5.91 Å². The number of nitrogens with zero attached hydrogens (tertiary/aromatic N) is 1. The molecule has 0 spiro atoms. The Morgan fingerprint density at radius 1 is 1.40 bits per heavy atom. The minimum Gasteiger partial charge on any atom is -0.480 e. The van der Waals surface area contributed by atoms with Gasteiger partial charge in [-0.05, 0) is 37.3 Å². The molecule has 2 unspecified atom stereocenters. The number of amides is 1. The Morgan fingerprint density at radius 2 is 2.20 bits per heavy atom. The lowest BCUT2D eigenvalue weighted by Gasteiger charge is -2.19. The number of hydrogen-bond donors (Lipinski definition) is 2. The molecule has 108 valence electrons. The molecule has 20 heavy (non-hydrogen) atoms. The van der Waals surface area contributed by atoms with Crippen LogP contribution in [0.15, 0.2) is 18.3 Å². The van der Waals surface area contributed by atoms with Crippen LogP contribution in [0.4, 0.5) is 0 Å². The van der Waals surface area contributed by atoms with Gasteiger partial charge in [-0.1, -0.05) is 0 Å². The van der Waals surface area contributed by atoms with Gasteiger partial charge < -0.3 is 19.7 Å². The number of nitrogens with one attached hydrogen (secondary N) is 1. The van der Waals surface area contributed by atoms with Gasteiger partial charge in [0.2, 0.25) is 0 Å². The molecule has 1 amide bonds. The highest BCUT2D eigenvalue weighted by Gasteiger charge is 2.41. The molecule has 1 aromatic heterocycles. The van der Waals surface area contributed by atoms with E-state index in [1.165, 1.54) is 17.4 Å². The summed E-state index contributed by atoms with van der Waals surface area (Å²) in [6.07, 6.45) is 4.90. The molecule has 0 bridgehead atoms. The Kier molecular flexibility index (Phi) is 3.48. The van der Waals surface area contributed by atoms with E-state index >= 15 is 0 Å². The lowest BCUT2D eigenvalue weighted by atomic mass is 10.1. The second-order valence-corrected chi connectivity index (χ2v) is 5.46. The van der Waals surface area contributed by atoms with Crippen LogP contribution >= 0.6 is 0 Å². The topological polar surface area (TPSA) is 80.6 Å². The summed E-state index contributed by atoms with van der Waals surface area (Å²) in [5, 5.41) is 11.8. The van der Waals surface area contributed by atoms with Gasteiger partial charge in [-0.2, -0.15) is 0 Å². The highest BCUT2D eigenvalue weighted by atomic mass is 16.5. The van der Waals surface area contributed by atoms with Crippen LogP contribution in [-0.2, 0) is 16.1 Å². The number of aliphatic carboxylic acids is 1. The van der Waals surface area contributed by atoms with E-state index in [1.54, 1.807) is 18.3 Å². The maximum absolute atomic E-state index is 12.3. The van der Waals surface area contributed by atoms with Gasteiger partial charge in [-0.15, -0.1) is 0 Å². The normalized spacial score (nSPS) is 25.6. The van der Waals surface area contributed by atoms with E-state index in [9.17, 15) is 9.59 Å². The number of rotatable bonds is 5. The third-order valence-corrected chi connectivity index (χ3v) is 3.91. The second-order valence-electron chi connectivity index (χ2n) is 5.46. The minimum absolute atomic E-state index is 0.0446. The Labute approximate surface area is 116 Å². The van der Waals surface area contributed by atoms with Crippen molar-refractivity contribution >= 4 is 11.9 Å². The predicted octanol–water partition coefficient (Wildman–Crippen LogP) is 0.870. The van der Waals surface area contributed by atoms with E-state index in [0.29, 0.717) is 18.2 Å². The van der Waals surface area contributed by atoms with Crippen molar-refractivity contribution in [2.75, 3.05) is 6.61 Å². The smallest absolute Gasteiger partial charge is 0.323 e. The van der Waals surface area contributed by atoms with Crippen molar-refractivity contribution in [3.8, 4) is 0 Å². The van der Waals surface area contributed by atoms with Crippen LogP contribution < -0.4 is 5.32 Å². The highest BCUT2D eigenvalue weighted by Crippen LogP contribution is 2.38. The van der Waals surface area contributed by atoms with Crippen LogP contribution in [0.25, 0.3) is 0 Å². The molecular weight excluding hydrogens is 260 g/mol. The number of ether oxygens (including phenoxy) is 1. The van der Waals surface area contributed by atoms with Crippen LogP contribution in [0.1, 0.15) is 29.8 Å². The van der Waals surface area contributed by atoms with E-state index in [1.807, 2.05) is 0 Å². The molecule has 1 aliphatic heterocycles. The molecule has 6 nitrogen and oxygen atoms in total. The maximum Gasteiger partial charge on any atom is 0.323 e. The minimum atomic E-state index is -0.963. The number of hydrogen-bond acceptors (Lipinski definition) is 3. The molecule has 2 fully saturated rings. The number of carbonyl (C=O) groups is 2. The van der Waals surface area contributed by atoms with Crippen molar-refractivity contribution in [2.24, 2.45) is 5.92 Å². The first-order chi connectivity index (χ1) is 9.65. The summed E-state index contributed by atoms with van der Waals surface area (Å²) in [5.74, 6) is -0.610. The molecule has 6 heteroatoms. The van der Waals surface area contributed by atoms with Crippen LogP contribution in [0.3, 0.4) is 0 Å². The molecule has 2 N–H and O–H groups in total. The van der Waals surface area contributed by atoms with Gasteiger partial charge in [-0.25, -0.2) is 0 Å². The summed E-state index contributed by atoms with van der Waals surface area (Å²) in [6, 6.07) is 3.37. The van der Waals surface area contributed by atoms with Crippen molar-refractivity contribution in [3.05, 3.63) is 24.0 Å². The fourth-order valence-corrected chi connectivity index (χ4v) is 2.80. The molecule has 3 rings (SSSR count). The zero-order valence-electron chi connectivity index (χ0n) is 11.1. The van der Waals surface area contributed by atoms with E-state index < -0.39 is 5.97 Å². The molecular formula is C14H18N2O4. The SMILES string of the molecule is O=C(O)Cn1cccc1C(=O)NC1CCOC1C1CC1. The third-order valence-electron chi connectivity index (χ3n) is 3.91. The van der Waals surface area contributed by atoms with Crippen LogP contribution in [0.2, 0.25) is 0 Å². The molecule has 1 aromatic rings. The largest absolute Gasteiger partial charge is 0.480 e. The number of aromatic nitrogens is 1. The molecule has 2 atom stereocenters. The van der Waals surface area contributed by atoms with Crippen LogP contribution in [0.5, 0.6) is 0 Å². The van der Waals surface area contributed by atoms with Gasteiger partial charge in [0.1, 0.15) is 12.2 Å². The van der Waals surface area contributed by atoms with Crippen molar-refractivity contribution in [2.45, 2.75) is 38.0 Å². The molecule has 0 aromatic carbocycles. The summed E-state index contributed by atoms with van der Waals surface area (Å²) in [6.45, 7) is 0.477. The summed E-state index contributed by atoms with van der Waals surface area (Å²) in [7, 11) is 0. The molecule has 2 heterocycles. The fraction of sp³-hybridized carbons (Fsp3) is 0.571. The van der Waals surface area contributed by atoms with Crippen LogP contribution in [-0.4, -0.2) is 40.3 Å². The Morgan fingerprint density at radius 3 is 2.90 bits per heavy atom. The Hall–Kier alpha value is -1.82. The fourth-order valence-electron chi connectivity index (χ4n) is 2.80. The lowest BCUT2D eigenvalue weighted by Crippen LogP contribution is -2.42. The summed E-state index contributed by atoms with van der Waals surface area (Å²) in [4.78, 5) is 23.0. The average Bonchev–Trinajstić information content (AvgIpc) is 2.95. The van der Waals surface area contributed by atoms with E-state index in [2.05, 4.69) is 5.32 Å². The monoisotopic (exact) mass is 278 g/mol. The van der Waals surface area contributed by atoms with Crippen LogP contribution in [0, 0.1) is 5.92 Å². The third kappa shape index (κ3) is 2.70. The molecule has 1 saturated heterocycles. The van der Waals surface area contributed by atoms with Gasteiger partial charge in [0, 0.05) is 12.8 Å². The number of carboxylic acid groups (broad SMARTS) is 1. The highest BCUT2D eigenvalue weighted by molar-refractivity contribution is 5.93. The van der Waals surface area contributed by atoms with Gasteiger partial charge in [0.15, 0.2) is 0 Å². The second kappa shape index (κ2) is 5.28. The van der Waals surface area contributed by atoms with Crippen molar-refractivity contribution in [1.29, 1.82) is 0 Å². The maximum atomic E-state index is 12.3. The Bertz CT molecular complexity index is 521. The van der Waals surface area contributed by atoms with Crippen molar-refractivity contribution < 1.29 is 19.4 Å². The molecule has 1 aliphatic carbocycles. The first-order valence-corrected chi connectivity index (χ1v) is 6.94. The summed E-state index contributed by atoms with van der Waals surface area (Å²) >= 11 is 0. The van der Waals surface area contributed by atoms with E-state index in [0.717, 1.165) is 6.42 Å². The number of carbonyl (C=O) groups excluding carboxylic acids is 1. The zero-order chi connectivity index (χ0) is 14.1. The van der Waals surface area contributed by atoms with E-state index in [4.69, 9.17) is 9.84 Å². The van der Waals surface area contributed by atoms with Crippen molar-refractivity contribution in [3.63, 3.8) is 0 Å². The van der Waals surface area contributed by atoms with E-state index in [-0.39, 0.29) is 24.6 Å². The van der Waals surface area contributed by atoms with Gasteiger partial charge in [0.05, 0.1) is 12.1 Å². The molecule has 1 saturated carbocycles. The molecule has 0 radical (unpaired) electrons. The molecule has 2 aliphatic rings. The summed E-state index contributed by atoms with van der Waals surface area (Å²) in [5.41, 5.74) is 0.383. The summed E-state index contributed by atoms with van der Waals surface area (Å²) < 4.78 is 7.13. The quantitative estimate of drug-likeness (QED) is 0.837. The van der Waals surface area contributed by atoms with Crippen molar-refractivity contribution in [1.82, 2.24) is 9.88 Å². The van der Waals surface area contributed by atoms with Gasteiger partial charge >= 0.3 is 5.97 Å². The van der Waals surface area contributed by atoms with Gasteiger partial charge in [-0.3, -0.25) is 9.59 Å². The zero-order valence-corrected chi connectivity index (χ0v) is 11.1.